The molecule has 2 fully saturated rings. The highest BCUT2D eigenvalue weighted by Crippen LogP contribution is 2.65. The molecule has 6 nitrogen and oxygen atoms in total. The maximum absolute atomic E-state index is 14.7. The molecule has 1 saturated carbocycles. The van der Waals surface area contributed by atoms with Crippen LogP contribution in [0.25, 0.3) is 33.3 Å². The summed E-state index contributed by atoms with van der Waals surface area (Å²) in [6.07, 6.45) is 5.84. The number of hydrogen-bond acceptors (Lipinski definition) is 5. The monoisotopic (exact) mass is 478 g/mol. The maximum Gasteiger partial charge on any atom is 0.178 e. The number of anilines is 1. The molecular weight excluding hydrogens is 451 g/mol. The number of nitrogens with zero attached hydrogens (tertiary/aromatic N) is 6. The first-order valence-electron chi connectivity index (χ1n) is 12.6. The van der Waals surface area contributed by atoms with Crippen molar-refractivity contribution in [2.75, 3.05) is 18.0 Å². The minimum Gasteiger partial charge on any atom is -0.355 e. The second-order valence-corrected chi connectivity index (χ2v) is 10.2. The van der Waals surface area contributed by atoms with Crippen LogP contribution in [0.4, 0.5) is 10.2 Å². The third-order valence-electron chi connectivity index (χ3n) is 8.42. The maximum atomic E-state index is 14.7. The third kappa shape index (κ3) is 3.15. The van der Waals surface area contributed by atoms with Crippen LogP contribution in [0, 0.1) is 17.7 Å². The summed E-state index contributed by atoms with van der Waals surface area (Å²) in [5, 5.41) is 5.53. The van der Waals surface area contributed by atoms with Gasteiger partial charge in [0.25, 0.3) is 0 Å². The van der Waals surface area contributed by atoms with Gasteiger partial charge in [0.1, 0.15) is 17.2 Å². The number of piperidine rings is 1. The molecule has 5 aromatic rings. The van der Waals surface area contributed by atoms with E-state index in [1.165, 1.54) is 0 Å². The van der Waals surface area contributed by atoms with E-state index in [1.807, 2.05) is 60.5 Å². The molecule has 180 valence electrons. The average molecular weight is 479 g/mol. The van der Waals surface area contributed by atoms with Crippen LogP contribution in [0.1, 0.15) is 25.3 Å². The van der Waals surface area contributed by atoms with Gasteiger partial charge in [-0.25, -0.2) is 19.3 Å². The molecule has 7 rings (SSSR count). The smallest absolute Gasteiger partial charge is 0.178 e. The first-order chi connectivity index (χ1) is 17.6. The van der Waals surface area contributed by atoms with Gasteiger partial charge in [0, 0.05) is 42.7 Å². The molecule has 1 aliphatic heterocycles. The van der Waals surface area contributed by atoms with E-state index in [0.717, 1.165) is 65.0 Å². The van der Waals surface area contributed by atoms with E-state index in [2.05, 4.69) is 28.0 Å². The molecule has 3 atom stereocenters. The molecule has 2 aliphatic rings. The van der Waals surface area contributed by atoms with Crippen molar-refractivity contribution < 1.29 is 4.39 Å². The van der Waals surface area contributed by atoms with Crippen molar-refractivity contribution in [2.24, 2.45) is 18.9 Å². The number of pyridine rings is 1. The second kappa shape index (κ2) is 7.82. The SMILES string of the molecule is CC[C@]1(c2ccccc2F)C2CCN(c3cnc4nc(-c5ccc6nn(C)cc6c5)ccc4n3)CC21. The molecule has 1 saturated heterocycles. The molecule has 4 heterocycles. The van der Waals surface area contributed by atoms with E-state index < -0.39 is 0 Å². The zero-order chi connectivity index (χ0) is 24.4. The topological polar surface area (TPSA) is 59.7 Å². The van der Waals surface area contributed by atoms with E-state index in [4.69, 9.17) is 9.97 Å². The fourth-order valence-electron chi connectivity index (χ4n) is 6.65. The van der Waals surface area contributed by atoms with E-state index in [0.29, 0.717) is 17.5 Å². The minimum absolute atomic E-state index is 0.0593. The van der Waals surface area contributed by atoms with E-state index in [9.17, 15) is 4.39 Å². The Morgan fingerprint density at radius 1 is 1.03 bits per heavy atom. The Balaban J connectivity index is 1.16. The molecule has 36 heavy (non-hydrogen) atoms. The summed E-state index contributed by atoms with van der Waals surface area (Å²) in [5.41, 5.74) is 5.11. The van der Waals surface area contributed by atoms with Crippen LogP contribution in [0.15, 0.2) is 67.0 Å². The lowest BCUT2D eigenvalue weighted by atomic mass is 9.88. The van der Waals surface area contributed by atoms with E-state index >= 15 is 0 Å². The Bertz CT molecular complexity index is 1630. The zero-order valence-electron chi connectivity index (χ0n) is 20.4. The summed E-state index contributed by atoms with van der Waals surface area (Å²) in [6, 6.07) is 17.5. The van der Waals surface area contributed by atoms with E-state index in [-0.39, 0.29) is 11.2 Å². The van der Waals surface area contributed by atoms with Gasteiger partial charge in [-0.3, -0.25) is 4.68 Å². The molecule has 0 amide bonds. The molecule has 0 spiro atoms. The van der Waals surface area contributed by atoms with Crippen molar-refractivity contribution in [2.45, 2.75) is 25.2 Å². The lowest BCUT2D eigenvalue weighted by Crippen LogP contribution is -2.32. The van der Waals surface area contributed by atoms with Crippen LogP contribution in [0.5, 0.6) is 0 Å². The molecule has 2 aromatic carbocycles. The van der Waals surface area contributed by atoms with Gasteiger partial charge in [-0.2, -0.15) is 5.10 Å². The lowest BCUT2D eigenvalue weighted by molar-refractivity contribution is 0.516. The summed E-state index contributed by atoms with van der Waals surface area (Å²) in [7, 11) is 1.93. The van der Waals surface area contributed by atoms with Crippen molar-refractivity contribution in [1.29, 1.82) is 0 Å². The van der Waals surface area contributed by atoms with Crippen LogP contribution in [0.3, 0.4) is 0 Å². The van der Waals surface area contributed by atoms with Gasteiger partial charge < -0.3 is 4.90 Å². The van der Waals surface area contributed by atoms with Crippen LogP contribution in [0.2, 0.25) is 0 Å². The van der Waals surface area contributed by atoms with Gasteiger partial charge in [-0.15, -0.1) is 0 Å². The predicted octanol–water partition coefficient (Wildman–Crippen LogP) is 5.52. The van der Waals surface area contributed by atoms with Crippen LogP contribution >= 0.6 is 0 Å². The van der Waals surface area contributed by atoms with Crippen molar-refractivity contribution in [3.8, 4) is 11.3 Å². The fourth-order valence-corrected chi connectivity index (χ4v) is 6.65. The Morgan fingerprint density at radius 3 is 2.75 bits per heavy atom. The molecule has 3 aromatic heterocycles. The van der Waals surface area contributed by atoms with Gasteiger partial charge in [-0.05, 0) is 60.6 Å². The number of halogens is 1. The summed E-state index contributed by atoms with van der Waals surface area (Å²) >= 11 is 0. The largest absolute Gasteiger partial charge is 0.355 e. The number of aromatic nitrogens is 5. The van der Waals surface area contributed by atoms with Crippen molar-refractivity contribution in [1.82, 2.24) is 24.7 Å². The molecular formula is C29H27FN6. The summed E-state index contributed by atoms with van der Waals surface area (Å²) in [6.45, 7) is 3.98. The third-order valence-corrected chi connectivity index (χ3v) is 8.42. The first kappa shape index (κ1) is 21.4. The average Bonchev–Trinajstić information content (AvgIpc) is 3.40. The number of hydrogen-bond donors (Lipinski definition) is 0. The Kier molecular flexibility index (Phi) is 4.65. The lowest BCUT2D eigenvalue weighted by Gasteiger charge is -2.27. The summed E-state index contributed by atoms with van der Waals surface area (Å²) in [5.74, 6) is 1.77. The molecule has 2 unspecified atom stereocenters. The highest BCUT2D eigenvalue weighted by molar-refractivity contribution is 5.84. The minimum atomic E-state index is -0.0737. The normalized spacial score (nSPS) is 23.2. The van der Waals surface area contributed by atoms with Crippen molar-refractivity contribution in [3.63, 3.8) is 0 Å². The Labute approximate surface area is 208 Å². The highest BCUT2D eigenvalue weighted by atomic mass is 19.1. The summed E-state index contributed by atoms with van der Waals surface area (Å²) < 4.78 is 16.6. The quantitative estimate of drug-likeness (QED) is 0.340. The standard InChI is InChI=1S/C29H27FN6/c1-3-29(21-6-4-5-7-23(21)30)20-12-13-36(17-22(20)29)27-15-31-28-26(32-27)11-10-24(33-28)18-8-9-25-19(14-18)16-35(2)34-25/h4-11,14-16,20,22H,3,12-13,17H2,1-2H3/t20?,22?,29-/m1/s1. The van der Waals surface area contributed by atoms with Gasteiger partial charge in [0.05, 0.1) is 17.4 Å². The molecule has 0 N–H and O–H groups in total. The Morgan fingerprint density at radius 2 is 1.89 bits per heavy atom. The van der Waals surface area contributed by atoms with Crippen LogP contribution in [-0.4, -0.2) is 37.8 Å². The van der Waals surface area contributed by atoms with E-state index in [1.54, 1.807) is 12.1 Å². The highest BCUT2D eigenvalue weighted by Gasteiger charge is 2.65. The van der Waals surface area contributed by atoms with Gasteiger partial charge >= 0.3 is 0 Å². The van der Waals surface area contributed by atoms with Crippen LogP contribution in [-0.2, 0) is 12.5 Å². The number of fused-ring (bicyclic) bond motifs is 3. The zero-order valence-corrected chi connectivity index (χ0v) is 20.4. The molecule has 0 bridgehead atoms. The van der Waals surface area contributed by atoms with Gasteiger partial charge in [0.15, 0.2) is 5.65 Å². The Hall–Kier alpha value is -3.87. The predicted molar refractivity (Wildman–Crippen MR) is 139 cm³/mol. The summed E-state index contributed by atoms with van der Waals surface area (Å²) in [4.78, 5) is 16.7. The van der Waals surface area contributed by atoms with Crippen LogP contribution < -0.4 is 4.90 Å². The molecule has 0 radical (unpaired) electrons. The molecule has 7 heteroatoms. The number of benzene rings is 2. The van der Waals surface area contributed by atoms with Gasteiger partial charge in [0.2, 0.25) is 0 Å². The van der Waals surface area contributed by atoms with Crippen molar-refractivity contribution >= 4 is 27.9 Å². The fraction of sp³-hybridized carbons (Fsp3) is 0.310. The van der Waals surface area contributed by atoms with Gasteiger partial charge in [-0.1, -0.05) is 31.2 Å². The van der Waals surface area contributed by atoms with Crippen molar-refractivity contribution in [3.05, 3.63) is 78.4 Å². The first-order valence-corrected chi connectivity index (χ1v) is 12.6. The number of rotatable bonds is 4. The number of aryl methyl sites for hydroxylation is 1. The second-order valence-electron chi connectivity index (χ2n) is 10.2. The molecule has 1 aliphatic carbocycles.